The Kier molecular flexibility index (Phi) is 4.21. The van der Waals surface area contributed by atoms with Gasteiger partial charge in [0.1, 0.15) is 5.82 Å². The number of carbonyl (C=O) groups excluding carboxylic acids is 1. The minimum atomic E-state index is -4.79. The lowest BCUT2D eigenvalue weighted by Gasteiger charge is -2.15. The van der Waals surface area contributed by atoms with Crippen LogP contribution in [-0.2, 0) is 6.18 Å². The highest BCUT2D eigenvalue weighted by Crippen LogP contribution is 2.35. The van der Waals surface area contributed by atoms with E-state index in [4.69, 9.17) is 0 Å². The van der Waals surface area contributed by atoms with Crippen LogP contribution >= 0.6 is 0 Å². The van der Waals surface area contributed by atoms with Gasteiger partial charge in [-0.3, -0.25) is 4.79 Å². The third-order valence-corrected chi connectivity index (χ3v) is 3.15. The first kappa shape index (κ1) is 16.0. The molecule has 0 N–H and O–H groups in total. The van der Waals surface area contributed by atoms with E-state index in [1.54, 1.807) is 26.2 Å². The van der Waals surface area contributed by atoms with Crippen LogP contribution in [0.3, 0.4) is 0 Å². The van der Waals surface area contributed by atoms with Gasteiger partial charge in [-0.1, -0.05) is 24.3 Å². The molecule has 0 aliphatic heterocycles. The van der Waals surface area contributed by atoms with Crippen molar-refractivity contribution in [1.29, 1.82) is 0 Å². The van der Waals surface area contributed by atoms with Crippen molar-refractivity contribution in [3.63, 3.8) is 0 Å². The fraction of sp³-hybridized carbons (Fsp3) is 0.188. The number of hydrogen-bond donors (Lipinski definition) is 0. The Morgan fingerprint density at radius 3 is 2.27 bits per heavy atom. The summed E-state index contributed by atoms with van der Waals surface area (Å²) >= 11 is 0. The minimum Gasteiger partial charge on any atom is -0.345 e. The number of benzene rings is 2. The van der Waals surface area contributed by atoms with Crippen molar-refractivity contribution >= 4 is 5.91 Å². The molecule has 0 aliphatic carbocycles. The molecule has 6 heteroatoms. The summed E-state index contributed by atoms with van der Waals surface area (Å²) in [5, 5.41) is 0. The molecule has 0 aliphatic rings. The van der Waals surface area contributed by atoms with Crippen molar-refractivity contribution in [1.82, 2.24) is 4.90 Å². The number of nitrogens with zero attached hydrogens (tertiary/aromatic N) is 1. The van der Waals surface area contributed by atoms with Gasteiger partial charge in [0.05, 0.1) is 5.56 Å². The molecule has 2 nitrogen and oxygen atoms in total. The topological polar surface area (TPSA) is 20.3 Å². The number of hydrogen-bond acceptors (Lipinski definition) is 1. The molecular formula is C16H13F4NO. The first-order chi connectivity index (χ1) is 10.2. The lowest BCUT2D eigenvalue weighted by molar-refractivity contribution is -0.139. The van der Waals surface area contributed by atoms with Gasteiger partial charge < -0.3 is 4.90 Å². The molecule has 1 amide bonds. The van der Waals surface area contributed by atoms with Crippen molar-refractivity contribution in [2.24, 2.45) is 0 Å². The van der Waals surface area contributed by atoms with Crippen LogP contribution in [0.4, 0.5) is 17.6 Å². The van der Waals surface area contributed by atoms with Gasteiger partial charge in [0.15, 0.2) is 0 Å². The Labute approximate surface area is 125 Å². The predicted octanol–water partition coefficient (Wildman–Crippen LogP) is 4.21. The predicted molar refractivity (Wildman–Crippen MR) is 74.9 cm³/mol. The average Bonchev–Trinajstić information content (AvgIpc) is 2.45. The number of amides is 1. The molecule has 2 aromatic rings. The van der Waals surface area contributed by atoms with Crippen molar-refractivity contribution < 1.29 is 22.4 Å². The standard InChI is InChI=1S/C16H13F4NO/c1-21(2)15(22)12-6-4-3-5-11(12)10-7-8-14(17)13(9-10)16(18,19)20/h3-9H,1-2H3. The molecule has 0 fully saturated rings. The Bertz CT molecular complexity index is 708. The molecule has 0 aromatic heterocycles. The lowest BCUT2D eigenvalue weighted by Crippen LogP contribution is -2.22. The zero-order valence-corrected chi connectivity index (χ0v) is 11.9. The second-order valence-electron chi connectivity index (χ2n) is 4.94. The quantitative estimate of drug-likeness (QED) is 0.761. The molecule has 116 valence electrons. The Balaban J connectivity index is 2.61. The first-order valence-electron chi connectivity index (χ1n) is 6.39. The zero-order valence-electron chi connectivity index (χ0n) is 11.9. The largest absolute Gasteiger partial charge is 0.419 e. The number of halogens is 4. The first-order valence-corrected chi connectivity index (χ1v) is 6.39. The van der Waals surface area contributed by atoms with Crippen LogP contribution in [-0.4, -0.2) is 24.9 Å². The number of carbonyl (C=O) groups is 1. The molecule has 0 unspecified atom stereocenters. The Morgan fingerprint density at radius 2 is 1.68 bits per heavy atom. The summed E-state index contributed by atoms with van der Waals surface area (Å²) in [7, 11) is 3.09. The molecule has 0 atom stereocenters. The molecule has 0 saturated heterocycles. The van der Waals surface area contributed by atoms with E-state index in [1.165, 1.54) is 23.1 Å². The van der Waals surface area contributed by atoms with E-state index < -0.39 is 17.6 Å². The maximum absolute atomic E-state index is 13.4. The van der Waals surface area contributed by atoms with Gasteiger partial charge >= 0.3 is 6.18 Å². The van der Waals surface area contributed by atoms with E-state index in [-0.39, 0.29) is 17.0 Å². The van der Waals surface area contributed by atoms with Crippen LogP contribution in [0, 0.1) is 5.82 Å². The average molecular weight is 311 g/mol. The third kappa shape index (κ3) is 3.10. The van der Waals surface area contributed by atoms with Gasteiger partial charge in [-0.2, -0.15) is 13.2 Å². The van der Waals surface area contributed by atoms with Crippen molar-refractivity contribution in [2.45, 2.75) is 6.18 Å². The van der Waals surface area contributed by atoms with Crippen LogP contribution in [0.25, 0.3) is 11.1 Å². The molecule has 0 saturated carbocycles. The summed E-state index contributed by atoms with van der Waals surface area (Å²) in [5.74, 6) is -1.68. The van der Waals surface area contributed by atoms with Crippen LogP contribution in [0.2, 0.25) is 0 Å². The van der Waals surface area contributed by atoms with E-state index in [0.717, 1.165) is 12.1 Å². The lowest BCUT2D eigenvalue weighted by atomic mass is 9.97. The summed E-state index contributed by atoms with van der Waals surface area (Å²) in [5.41, 5.74) is -0.629. The van der Waals surface area contributed by atoms with Gasteiger partial charge in [0.2, 0.25) is 0 Å². The van der Waals surface area contributed by atoms with Crippen LogP contribution < -0.4 is 0 Å². The monoisotopic (exact) mass is 311 g/mol. The van der Waals surface area contributed by atoms with E-state index >= 15 is 0 Å². The fourth-order valence-electron chi connectivity index (χ4n) is 2.07. The van der Waals surface area contributed by atoms with Crippen LogP contribution in [0.5, 0.6) is 0 Å². The second-order valence-corrected chi connectivity index (χ2v) is 4.94. The molecule has 22 heavy (non-hydrogen) atoms. The summed E-state index contributed by atoms with van der Waals surface area (Å²) in [6.07, 6.45) is -4.79. The molecule has 2 aromatic carbocycles. The van der Waals surface area contributed by atoms with Gasteiger partial charge in [-0.25, -0.2) is 4.39 Å². The molecule has 2 rings (SSSR count). The summed E-state index contributed by atoms with van der Waals surface area (Å²) in [4.78, 5) is 13.4. The van der Waals surface area contributed by atoms with Gasteiger partial charge in [0, 0.05) is 19.7 Å². The molecule has 0 spiro atoms. The Morgan fingerprint density at radius 1 is 1.05 bits per heavy atom. The highest BCUT2D eigenvalue weighted by Gasteiger charge is 2.34. The summed E-state index contributed by atoms with van der Waals surface area (Å²) in [6.45, 7) is 0. The Hall–Kier alpha value is -2.37. The highest BCUT2D eigenvalue weighted by molar-refractivity contribution is 6.00. The van der Waals surface area contributed by atoms with Crippen LogP contribution in [0.1, 0.15) is 15.9 Å². The molecule has 0 bridgehead atoms. The third-order valence-electron chi connectivity index (χ3n) is 3.15. The SMILES string of the molecule is CN(C)C(=O)c1ccccc1-c1ccc(F)c(C(F)(F)F)c1. The van der Waals surface area contributed by atoms with Gasteiger partial charge in [0.25, 0.3) is 5.91 Å². The second kappa shape index (κ2) is 5.79. The maximum Gasteiger partial charge on any atom is 0.419 e. The fourth-order valence-corrected chi connectivity index (χ4v) is 2.07. The van der Waals surface area contributed by atoms with E-state index in [1.807, 2.05) is 0 Å². The van der Waals surface area contributed by atoms with E-state index in [2.05, 4.69) is 0 Å². The number of rotatable bonds is 2. The normalized spacial score (nSPS) is 11.4. The van der Waals surface area contributed by atoms with Crippen molar-refractivity contribution in [3.8, 4) is 11.1 Å². The van der Waals surface area contributed by atoms with Gasteiger partial charge in [-0.15, -0.1) is 0 Å². The summed E-state index contributed by atoms with van der Waals surface area (Å²) in [6, 6.07) is 8.99. The van der Waals surface area contributed by atoms with Gasteiger partial charge in [-0.05, 0) is 29.3 Å². The smallest absolute Gasteiger partial charge is 0.345 e. The van der Waals surface area contributed by atoms with E-state index in [9.17, 15) is 22.4 Å². The van der Waals surface area contributed by atoms with Crippen molar-refractivity contribution in [3.05, 3.63) is 59.4 Å². The van der Waals surface area contributed by atoms with E-state index in [0.29, 0.717) is 5.56 Å². The van der Waals surface area contributed by atoms with Crippen molar-refractivity contribution in [2.75, 3.05) is 14.1 Å². The van der Waals surface area contributed by atoms with Crippen LogP contribution in [0.15, 0.2) is 42.5 Å². The molecule has 0 radical (unpaired) electrons. The minimum absolute atomic E-state index is 0.138. The maximum atomic E-state index is 13.4. The molecular weight excluding hydrogens is 298 g/mol. The highest BCUT2D eigenvalue weighted by atomic mass is 19.4. The summed E-state index contributed by atoms with van der Waals surface area (Å²) < 4.78 is 51.8. The molecule has 0 heterocycles. The zero-order chi connectivity index (χ0) is 16.5. The number of alkyl halides is 3.